The highest BCUT2D eigenvalue weighted by atomic mass is 16.2. The van der Waals surface area contributed by atoms with E-state index in [-0.39, 0.29) is 23.8 Å². The molecule has 0 radical (unpaired) electrons. The molecule has 2 amide bonds. The summed E-state index contributed by atoms with van der Waals surface area (Å²) in [5.74, 6) is 0.386. The zero-order valence-corrected chi connectivity index (χ0v) is 12.2. The molecule has 5 nitrogen and oxygen atoms in total. The van der Waals surface area contributed by atoms with Gasteiger partial charge in [-0.3, -0.25) is 9.59 Å². The average molecular weight is 269 g/mol. The summed E-state index contributed by atoms with van der Waals surface area (Å²) in [6.07, 6.45) is 4.03. The highest BCUT2D eigenvalue weighted by molar-refractivity contribution is 5.78. The number of hydrogen-bond acceptors (Lipinski definition) is 3. The van der Waals surface area contributed by atoms with E-state index in [1.165, 1.54) is 0 Å². The molecule has 19 heavy (non-hydrogen) atoms. The van der Waals surface area contributed by atoms with Gasteiger partial charge >= 0.3 is 0 Å². The van der Waals surface area contributed by atoms with Crippen molar-refractivity contribution < 1.29 is 9.59 Å². The van der Waals surface area contributed by atoms with Gasteiger partial charge in [-0.15, -0.1) is 0 Å². The van der Waals surface area contributed by atoms with Crippen LogP contribution in [0.2, 0.25) is 0 Å². The second kappa shape index (κ2) is 8.15. The largest absolute Gasteiger partial charge is 0.353 e. The Morgan fingerprint density at radius 3 is 2.42 bits per heavy atom. The molecule has 1 heterocycles. The van der Waals surface area contributed by atoms with Crippen LogP contribution in [-0.4, -0.2) is 42.4 Å². The van der Waals surface area contributed by atoms with Gasteiger partial charge in [0.1, 0.15) is 0 Å². The second-order valence-corrected chi connectivity index (χ2v) is 5.57. The second-order valence-electron chi connectivity index (χ2n) is 5.57. The average Bonchev–Trinajstić information content (AvgIpc) is 2.39. The van der Waals surface area contributed by atoms with Crippen LogP contribution in [0.1, 0.15) is 46.0 Å². The fourth-order valence-corrected chi connectivity index (χ4v) is 2.34. The summed E-state index contributed by atoms with van der Waals surface area (Å²) < 4.78 is 0. The number of carbonyl (C=O) groups is 2. The highest BCUT2D eigenvalue weighted by Crippen LogP contribution is 2.13. The van der Waals surface area contributed by atoms with E-state index >= 15 is 0 Å². The van der Waals surface area contributed by atoms with Crippen molar-refractivity contribution in [2.75, 3.05) is 19.6 Å². The van der Waals surface area contributed by atoms with Crippen LogP contribution >= 0.6 is 0 Å². The number of rotatable bonds is 6. The standard InChI is InChI=1S/C14H27N3O2/c1-11(2)14(19)17-9-6-12(7-10-17)16-13(18)5-3-4-8-15/h11-12H,3-10,15H2,1-2H3,(H,16,18). The van der Waals surface area contributed by atoms with E-state index in [2.05, 4.69) is 5.32 Å². The molecule has 0 spiro atoms. The number of amides is 2. The van der Waals surface area contributed by atoms with Crippen molar-refractivity contribution in [3.8, 4) is 0 Å². The Morgan fingerprint density at radius 1 is 1.26 bits per heavy atom. The minimum Gasteiger partial charge on any atom is -0.353 e. The first-order valence-corrected chi connectivity index (χ1v) is 7.32. The summed E-state index contributed by atoms with van der Waals surface area (Å²) in [6, 6.07) is 0.224. The lowest BCUT2D eigenvalue weighted by molar-refractivity contribution is -0.135. The van der Waals surface area contributed by atoms with Gasteiger partial charge in [0.05, 0.1) is 0 Å². The smallest absolute Gasteiger partial charge is 0.225 e. The zero-order chi connectivity index (χ0) is 14.3. The zero-order valence-electron chi connectivity index (χ0n) is 12.2. The van der Waals surface area contributed by atoms with E-state index in [0.29, 0.717) is 13.0 Å². The molecule has 1 aliphatic rings. The monoisotopic (exact) mass is 269 g/mol. The molecular weight excluding hydrogens is 242 g/mol. The molecule has 0 saturated carbocycles. The molecule has 0 aromatic heterocycles. The molecule has 0 unspecified atom stereocenters. The van der Waals surface area contributed by atoms with Gasteiger partial charge in [0, 0.05) is 31.5 Å². The van der Waals surface area contributed by atoms with Crippen molar-refractivity contribution in [3.05, 3.63) is 0 Å². The number of unbranched alkanes of at least 4 members (excludes halogenated alkanes) is 1. The van der Waals surface area contributed by atoms with Crippen LogP contribution in [0.5, 0.6) is 0 Å². The number of nitrogens with zero attached hydrogens (tertiary/aromatic N) is 1. The van der Waals surface area contributed by atoms with Gasteiger partial charge in [-0.05, 0) is 32.2 Å². The molecular formula is C14H27N3O2. The Kier molecular flexibility index (Phi) is 6.84. The summed E-state index contributed by atoms with van der Waals surface area (Å²) in [5.41, 5.74) is 5.40. The summed E-state index contributed by atoms with van der Waals surface area (Å²) in [6.45, 7) is 6.00. The van der Waals surface area contributed by atoms with E-state index in [4.69, 9.17) is 5.73 Å². The quantitative estimate of drug-likeness (QED) is 0.703. The van der Waals surface area contributed by atoms with Crippen LogP contribution in [0.15, 0.2) is 0 Å². The van der Waals surface area contributed by atoms with Crippen LogP contribution in [-0.2, 0) is 9.59 Å². The van der Waals surface area contributed by atoms with Crippen molar-refractivity contribution in [3.63, 3.8) is 0 Å². The summed E-state index contributed by atoms with van der Waals surface area (Å²) in [5, 5.41) is 3.05. The third-order valence-corrected chi connectivity index (χ3v) is 3.52. The van der Waals surface area contributed by atoms with Crippen molar-refractivity contribution in [2.45, 2.75) is 52.0 Å². The molecule has 1 fully saturated rings. The molecule has 0 aromatic carbocycles. The normalized spacial score (nSPS) is 16.7. The number of likely N-dealkylation sites (tertiary alicyclic amines) is 1. The van der Waals surface area contributed by atoms with Crippen LogP contribution < -0.4 is 11.1 Å². The third kappa shape index (κ3) is 5.59. The first kappa shape index (κ1) is 16.0. The number of carbonyl (C=O) groups excluding carboxylic acids is 2. The van der Waals surface area contributed by atoms with E-state index in [1.54, 1.807) is 0 Å². The Hall–Kier alpha value is -1.10. The van der Waals surface area contributed by atoms with Gasteiger partial charge in [0.25, 0.3) is 0 Å². The van der Waals surface area contributed by atoms with Crippen molar-refractivity contribution >= 4 is 11.8 Å². The molecule has 110 valence electrons. The summed E-state index contributed by atoms with van der Waals surface area (Å²) in [7, 11) is 0. The lowest BCUT2D eigenvalue weighted by atomic mass is 10.0. The molecule has 5 heteroatoms. The van der Waals surface area contributed by atoms with Gasteiger partial charge in [-0.1, -0.05) is 13.8 Å². The first-order valence-electron chi connectivity index (χ1n) is 7.32. The van der Waals surface area contributed by atoms with Gasteiger partial charge in [-0.25, -0.2) is 0 Å². The van der Waals surface area contributed by atoms with Crippen LogP contribution in [0.4, 0.5) is 0 Å². The van der Waals surface area contributed by atoms with E-state index in [0.717, 1.165) is 38.8 Å². The van der Waals surface area contributed by atoms with E-state index < -0.39 is 0 Å². The molecule has 3 N–H and O–H groups in total. The number of nitrogens with one attached hydrogen (secondary N) is 1. The van der Waals surface area contributed by atoms with Crippen LogP contribution in [0.3, 0.4) is 0 Å². The van der Waals surface area contributed by atoms with E-state index in [1.807, 2.05) is 18.7 Å². The van der Waals surface area contributed by atoms with Crippen LogP contribution in [0, 0.1) is 5.92 Å². The number of piperidine rings is 1. The first-order chi connectivity index (χ1) is 9.04. The van der Waals surface area contributed by atoms with Crippen molar-refractivity contribution in [1.82, 2.24) is 10.2 Å². The molecule has 1 rings (SSSR count). The highest BCUT2D eigenvalue weighted by Gasteiger charge is 2.24. The summed E-state index contributed by atoms with van der Waals surface area (Å²) in [4.78, 5) is 25.4. The molecule has 0 bridgehead atoms. The van der Waals surface area contributed by atoms with Gasteiger partial charge < -0.3 is 16.0 Å². The Morgan fingerprint density at radius 2 is 1.89 bits per heavy atom. The molecule has 1 aliphatic heterocycles. The number of nitrogens with two attached hydrogens (primary N) is 1. The Bertz CT molecular complexity index is 297. The molecule has 0 atom stereocenters. The maximum absolute atomic E-state index is 11.8. The maximum Gasteiger partial charge on any atom is 0.225 e. The molecule has 1 saturated heterocycles. The van der Waals surface area contributed by atoms with E-state index in [9.17, 15) is 9.59 Å². The molecule has 0 aliphatic carbocycles. The minimum atomic E-state index is 0.0578. The lowest BCUT2D eigenvalue weighted by Crippen LogP contribution is -2.47. The predicted molar refractivity (Wildman–Crippen MR) is 75.5 cm³/mol. The third-order valence-electron chi connectivity index (χ3n) is 3.52. The Balaban J connectivity index is 2.23. The fraction of sp³-hybridized carbons (Fsp3) is 0.857. The fourth-order valence-electron chi connectivity index (χ4n) is 2.34. The summed E-state index contributed by atoms with van der Waals surface area (Å²) >= 11 is 0. The maximum atomic E-state index is 11.8. The Labute approximate surface area is 115 Å². The minimum absolute atomic E-state index is 0.0578. The number of hydrogen-bond donors (Lipinski definition) is 2. The molecule has 0 aromatic rings. The van der Waals surface area contributed by atoms with Crippen LogP contribution in [0.25, 0.3) is 0 Å². The SMILES string of the molecule is CC(C)C(=O)N1CCC(NC(=O)CCCCN)CC1. The lowest BCUT2D eigenvalue weighted by Gasteiger charge is -2.33. The predicted octanol–water partition coefficient (Wildman–Crippen LogP) is 0.879. The van der Waals surface area contributed by atoms with Gasteiger partial charge in [0.2, 0.25) is 11.8 Å². The van der Waals surface area contributed by atoms with Gasteiger partial charge in [-0.2, -0.15) is 0 Å². The topological polar surface area (TPSA) is 75.4 Å². The van der Waals surface area contributed by atoms with Crippen molar-refractivity contribution in [2.24, 2.45) is 11.7 Å². The van der Waals surface area contributed by atoms with Gasteiger partial charge in [0.15, 0.2) is 0 Å². The van der Waals surface area contributed by atoms with Crippen molar-refractivity contribution in [1.29, 1.82) is 0 Å².